The molecule has 1 aromatic carbocycles. The summed E-state index contributed by atoms with van der Waals surface area (Å²) in [5, 5.41) is 5.43. The highest BCUT2D eigenvalue weighted by Crippen LogP contribution is 2.20. The lowest BCUT2D eigenvalue weighted by atomic mass is 9.95. The Balaban J connectivity index is 1.40. The van der Waals surface area contributed by atoms with Crippen LogP contribution >= 0.6 is 11.6 Å². The minimum absolute atomic E-state index is 0.0184. The Bertz CT molecular complexity index is 918. The van der Waals surface area contributed by atoms with Gasteiger partial charge in [0.1, 0.15) is 11.6 Å². The van der Waals surface area contributed by atoms with Gasteiger partial charge in [-0.15, -0.1) is 0 Å². The third-order valence-electron chi connectivity index (χ3n) is 4.93. The first-order valence-electron chi connectivity index (χ1n) is 9.67. The fourth-order valence-corrected chi connectivity index (χ4v) is 3.52. The van der Waals surface area contributed by atoms with Crippen molar-refractivity contribution in [2.24, 2.45) is 5.92 Å². The Kier molecular flexibility index (Phi) is 7.35. The van der Waals surface area contributed by atoms with Crippen LogP contribution in [0.15, 0.2) is 42.6 Å². The van der Waals surface area contributed by atoms with Gasteiger partial charge in [-0.3, -0.25) is 14.4 Å². The van der Waals surface area contributed by atoms with Crippen LogP contribution in [-0.2, 0) is 9.59 Å². The molecule has 9 heteroatoms. The predicted molar refractivity (Wildman–Crippen MR) is 111 cm³/mol. The van der Waals surface area contributed by atoms with Gasteiger partial charge < -0.3 is 15.5 Å². The van der Waals surface area contributed by atoms with E-state index in [2.05, 4.69) is 15.6 Å². The van der Waals surface area contributed by atoms with Crippen LogP contribution in [0.4, 0.5) is 10.2 Å². The van der Waals surface area contributed by atoms with E-state index in [0.717, 1.165) is 12.1 Å². The Morgan fingerprint density at radius 3 is 2.60 bits per heavy atom. The summed E-state index contributed by atoms with van der Waals surface area (Å²) < 4.78 is 13.1. The number of nitrogens with one attached hydrogen (secondary N) is 2. The van der Waals surface area contributed by atoms with E-state index >= 15 is 0 Å². The number of halogens is 2. The topological polar surface area (TPSA) is 91.4 Å². The molecule has 7 nitrogen and oxygen atoms in total. The van der Waals surface area contributed by atoms with Gasteiger partial charge in [-0.25, -0.2) is 9.37 Å². The van der Waals surface area contributed by atoms with Gasteiger partial charge in [0, 0.05) is 38.2 Å². The van der Waals surface area contributed by atoms with Gasteiger partial charge in [-0.05, 0) is 43.2 Å². The average Bonchev–Trinajstić information content (AvgIpc) is 2.74. The number of rotatable bonds is 6. The number of carbonyl (C=O) groups excluding carboxylic acids is 3. The van der Waals surface area contributed by atoms with Crippen LogP contribution in [-0.4, -0.2) is 47.2 Å². The maximum Gasteiger partial charge on any atom is 0.252 e. The van der Waals surface area contributed by atoms with Gasteiger partial charge in [0.25, 0.3) is 5.91 Å². The Labute approximate surface area is 178 Å². The molecule has 2 aromatic rings. The van der Waals surface area contributed by atoms with Crippen molar-refractivity contribution in [2.75, 3.05) is 25.0 Å². The monoisotopic (exact) mass is 432 g/mol. The molecule has 0 bridgehead atoms. The van der Waals surface area contributed by atoms with Crippen LogP contribution in [0.5, 0.6) is 0 Å². The third-order valence-corrected chi connectivity index (χ3v) is 5.25. The molecule has 0 spiro atoms. The zero-order valence-electron chi connectivity index (χ0n) is 16.2. The number of piperidine rings is 1. The summed E-state index contributed by atoms with van der Waals surface area (Å²) in [6, 6.07) is 8.82. The number of likely N-dealkylation sites (tertiary alicyclic amines) is 1. The highest BCUT2D eigenvalue weighted by Gasteiger charge is 2.27. The molecule has 3 amide bonds. The normalized spacial score (nSPS) is 14.3. The Hall–Kier alpha value is -3.00. The zero-order valence-corrected chi connectivity index (χ0v) is 17.0. The molecule has 1 saturated heterocycles. The Morgan fingerprint density at radius 2 is 1.93 bits per heavy atom. The second-order valence-electron chi connectivity index (χ2n) is 6.99. The van der Waals surface area contributed by atoms with Crippen molar-refractivity contribution < 1.29 is 18.8 Å². The van der Waals surface area contributed by atoms with Gasteiger partial charge in [0.15, 0.2) is 0 Å². The zero-order chi connectivity index (χ0) is 21.5. The van der Waals surface area contributed by atoms with E-state index < -0.39 is 11.7 Å². The molecule has 0 saturated carbocycles. The number of benzene rings is 1. The van der Waals surface area contributed by atoms with Gasteiger partial charge in [0.2, 0.25) is 11.8 Å². The lowest BCUT2D eigenvalue weighted by Gasteiger charge is -2.31. The number of aromatic nitrogens is 1. The van der Waals surface area contributed by atoms with Crippen LogP contribution in [0.3, 0.4) is 0 Å². The second-order valence-corrected chi connectivity index (χ2v) is 7.40. The molecule has 158 valence electrons. The van der Waals surface area contributed by atoms with Crippen molar-refractivity contribution >= 4 is 35.1 Å². The smallest absolute Gasteiger partial charge is 0.252 e. The molecule has 0 atom stereocenters. The van der Waals surface area contributed by atoms with Crippen LogP contribution in [0, 0.1) is 11.7 Å². The summed E-state index contributed by atoms with van der Waals surface area (Å²) in [7, 11) is 0. The van der Waals surface area contributed by atoms with Crippen LogP contribution < -0.4 is 10.6 Å². The van der Waals surface area contributed by atoms with E-state index in [9.17, 15) is 18.8 Å². The third kappa shape index (κ3) is 5.76. The SMILES string of the molecule is O=C(NCCC(=O)N1CCC(C(=O)Nc2ccccn2)CC1)c1ccc(F)cc1Cl. The first-order valence-corrected chi connectivity index (χ1v) is 10.0. The summed E-state index contributed by atoms with van der Waals surface area (Å²) in [4.78, 5) is 42.6. The number of nitrogens with zero attached hydrogens (tertiary/aromatic N) is 2. The number of hydrogen-bond acceptors (Lipinski definition) is 4. The van der Waals surface area contributed by atoms with E-state index in [0.29, 0.717) is 31.7 Å². The van der Waals surface area contributed by atoms with E-state index in [-0.39, 0.29) is 41.3 Å². The summed E-state index contributed by atoms with van der Waals surface area (Å²) >= 11 is 5.87. The highest BCUT2D eigenvalue weighted by molar-refractivity contribution is 6.33. The standard InChI is InChI=1S/C21H22ClFN4O3/c22-17-13-15(23)4-5-16(17)21(30)25-10-6-19(28)27-11-7-14(8-12-27)20(29)26-18-3-1-2-9-24-18/h1-5,9,13-14H,6-8,10-12H2,(H,25,30)(H,24,26,29). The maximum absolute atomic E-state index is 13.1. The predicted octanol–water partition coefficient (Wildman–Crippen LogP) is 2.87. The largest absolute Gasteiger partial charge is 0.351 e. The van der Waals surface area contributed by atoms with Crippen LogP contribution in [0.1, 0.15) is 29.6 Å². The molecule has 1 aliphatic heterocycles. The number of amides is 3. The molecular weight excluding hydrogens is 411 g/mol. The van der Waals surface area contributed by atoms with Crippen molar-refractivity contribution in [2.45, 2.75) is 19.3 Å². The minimum atomic E-state index is -0.524. The molecule has 30 heavy (non-hydrogen) atoms. The van der Waals surface area contributed by atoms with Crippen molar-refractivity contribution in [3.8, 4) is 0 Å². The molecule has 3 rings (SSSR count). The molecule has 0 aliphatic carbocycles. The fraction of sp³-hybridized carbons (Fsp3) is 0.333. The van der Waals surface area contributed by atoms with Crippen molar-refractivity contribution in [3.05, 3.63) is 59.0 Å². The molecule has 1 aliphatic rings. The lowest BCUT2D eigenvalue weighted by molar-refractivity contribution is -0.134. The molecule has 2 heterocycles. The number of anilines is 1. The van der Waals surface area contributed by atoms with E-state index in [1.165, 1.54) is 6.07 Å². The van der Waals surface area contributed by atoms with Gasteiger partial charge in [-0.1, -0.05) is 17.7 Å². The lowest BCUT2D eigenvalue weighted by Crippen LogP contribution is -2.42. The fourth-order valence-electron chi connectivity index (χ4n) is 3.27. The Morgan fingerprint density at radius 1 is 1.17 bits per heavy atom. The molecule has 2 N–H and O–H groups in total. The van der Waals surface area contributed by atoms with Crippen LogP contribution in [0.2, 0.25) is 5.02 Å². The summed E-state index contributed by atoms with van der Waals surface area (Å²) in [6.45, 7) is 1.11. The average molecular weight is 433 g/mol. The maximum atomic E-state index is 13.1. The molecule has 0 radical (unpaired) electrons. The van der Waals surface area contributed by atoms with E-state index in [1.54, 1.807) is 29.3 Å². The van der Waals surface area contributed by atoms with Crippen molar-refractivity contribution in [3.63, 3.8) is 0 Å². The van der Waals surface area contributed by atoms with E-state index in [1.807, 2.05) is 0 Å². The highest BCUT2D eigenvalue weighted by atomic mass is 35.5. The van der Waals surface area contributed by atoms with Crippen molar-refractivity contribution in [1.82, 2.24) is 15.2 Å². The van der Waals surface area contributed by atoms with Gasteiger partial charge in [-0.2, -0.15) is 0 Å². The molecule has 1 aromatic heterocycles. The quantitative estimate of drug-likeness (QED) is 0.734. The number of carbonyl (C=O) groups is 3. The summed E-state index contributed by atoms with van der Waals surface area (Å²) in [5.41, 5.74) is 0.158. The van der Waals surface area contributed by atoms with E-state index in [4.69, 9.17) is 11.6 Å². The first kappa shape index (κ1) is 21.7. The number of pyridine rings is 1. The molecular formula is C21H22ClFN4O3. The molecule has 1 fully saturated rings. The molecule has 0 unspecified atom stereocenters. The van der Waals surface area contributed by atoms with Gasteiger partial charge in [0.05, 0.1) is 10.6 Å². The van der Waals surface area contributed by atoms with Gasteiger partial charge >= 0.3 is 0 Å². The second kappa shape index (κ2) is 10.2. The van der Waals surface area contributed by atoms with Crippen LogP contribution in [0.25, 0.3) is 0 Å². The minimum Gasteiger partial charge on any atom is -0.351 e. The number of hydrogen-bond donors (Lipinski definition) is 2. The van der Waals surface area contributed by atoms with Crippen molar-refractivity contribution in [1.29, 1.82) is 0 Å². The summed E-state index contributed by atoms with van der Waals surface area (Å²) in [5.74, 6) is -0.829. The summed E-state index contributed by atoms with van der Waals surface area (Å²) in [6.07, 6.45) is 2.89. The first-order chi connectivity index (χ1) is 14.4.